The second kappa shape index (κ2) is 8.35. The fourth-order valence-electron chi connectivity index (χ4n) is 3.74. The van der Waals surface area contributed by atoms with Gasteiger partial charge in [-0.1, -0.05) is 31.0 Å². The SMILES string of the molecule is Cc1sc2nc(SCC(=O)N(C)C3CCCCC3)n(C(C)C)c(=O)c2c1C. The third-order valence-corrected chi connectivity index (χ3v) is 7.60. The Morgan fingerprint density at radius 3 is 2.59 bits per heavy atom. The summed E-state index contributed by atoms with van der Waals surface area (Å²) in [5, 5.41) is 1.37. The Morgan fingerprint density at radius 1 is 1.30 bits per heavy atom. The number of fused-ring (bicyclic) bond motifs is 1. The van der Waals surface area contributed by atoms with Crippen LogP contribution in [0.5, 0.6) is 0 Å². The van der Waals surface area contributed by atoms with Gasteiger partial charge in [-0.2, -0.15) is 0 Å². The molecule has 2 aromatic heterocycles. The number of rotatable bonds is 5. The van der Waals surface area contributed by atoms with E-state index in [4.69, 9.17) is 4.98 Å². The van der Waals surface area contributed by atoms with Gasteiger partial charge in [0.2, 0.25) is 5.91 Å². The standard InChI is InChI=1S/C20H29N3O2S2/c1-12(2)23-19(25)17-13(3)14(4)27-18(17)21-20(23)26-11-16(24)22(5)15-9-7-6-8-10-15/h12,15H,6-11H2,1-5H3. The smallest absolute Gasteiger partial charge is 0.263 e. The highest BCUT2D eigenvalue weighted by molar-refractivity contribution is 7.99. The molecule has 1 saturated carbocycles. The van der Waals surface area contributed by atoms with Gasteiger partial charge in [-0.25, -0.2) is 4.98 Å². The number of thiophene rings is 1. The fraction of sp³-hybridized carbons (Fsp3) is 0.650. The molecule has 0 saturated heterocycles. The molecule has 0 aliphatic heterocycles. The van der Waals surface area contributed by atoms with E-state index in [0.717, 1.165) is 33.5 Å². The molecule has 27 heavy (non-hydrogen) atoms. The summed E-state index contributed by atoms with van der Waals surface area (Å²) in [7, 11) is 1.91. The van der Waals surface area contributed by atoms with Crippen molar-refractivity contribution >= 4 is 39.2 Å². The van der Waals surface area contributed by atoms with Crippen LogP contribution in [0.15, 0.2) is 9.95 Å². The molecule has 3 rings (SSSR count). The first-order valence-electron chi connectivity index (χ1n) is 9.72. The van der Waals surface area contributed by atoms with Crippen LogP contribution in [0.3, 0.4) is 0 Å². The molecular formula is C20H29N3O2S2. The quantitative estimate of drug-likeness (QED) is 0.539. The van der Waals surface area contributed by atoms with Gasteiger partial charge in [0.05, 0.1) is 11.1 Å². The van der Waals surface area contributed by atoms with Crippen molar-refractivity contribution in [2.24, 2.45) is 0 Å². The van der Waals surface area contributed by atoms with Crippen molar-refractivity contribution in [2.45, 2.75) is 77.0 Å². The minimum atomic E-state index is 0.00248. The summed E-state index contributed by atoms with van der Waals surface area (Å²) in [6.07, 6.45) is 5.88. The lowest BCUT2D eigenvalue weighted by Crippen LogP contribution is -2.39. The summed E-state index contributed by atoms with van der Waals surface area (Å²) in [6.45, 7) is 7.99. The molecule has 0 atom stereocenters. The molecule has 7 heteroatoms. The monoisotopic (exact) mass is 407 g/mol. The molecule has 0 bridgehead atoms. The Bertz CT molecular complexity index is 895. The largest absolute Gasteiger partial charge is 0.342 e. The Hall–Kier alpha value is -1.34. The highest BCUT2D eigenvalue weighted by Crippen LogP contribution is 2.30. The van der Waals surface area contributed by atoms with Gasteiger partial charge in [-0.3, -0.25) is 14.2 Å². The summed E-state index contributed by atoms with van der Waals surface area (Å²) < 4.78 is 1.74. The molecule has 1 aliphatic carbocycles. The minimum Gasteiger partial charge on any atom is -0.342 e. The normalized spacial score (nSPS) is 15.6. The predicted molar refractivity (Wildman–Crippen MR) is 114 cm³/mol. The second-order valence-electron chi connectivity index (χ2n) is 7.71. The van der Waals surface area contributed by atoms with Gasteiger partial charge in [0.15, 0.2) is 5.16 Å². The summed E-state index contributed by atoms with van der Waals surface area (Å²) in [4.78, 5) is 34.3. The first kappa shape index (κ1) is 20.4. The number of thioether (sulfide) groups is 1. The molecule has 1 amide bonds. The number of nitrogens with zero attached hydrogens (tertiary/aromatic N) is 3. The molecule has 0 N–H and O–H groups in total. The van der Waals surface area contributed by atoms with E-state index in [-0.39, 0.29) is 17.5 Å². The van der Waals surface area contributed by atoms with Crippen LogP contribution in [0.2, 0.25) is 0 Å². The van der Waals surface area contributed by atoms with Gasteiger partial charge in [-0.15, -0.1) is 11.3 Å². The zero-order chi connectivity index (χ0) is 19.7. The molecule has 0 radical (unpaired) electrons. The minimum absolute atomic E-state index is 0.00248. The number of aryl methyl sites for hydroxylation is 2. The number of carbonyl (C=O) groups excluding carboxylic acids is 1. The van der Waals surface area contributed by atoms with Crippen molar-refractivity contribution in [1.29, 1.82) is 0 Å². The van der Waals surface area contributed by atoms with E-state index >= 15 is 0 Å². The van der Waals surface area contributed by atoms with E-state index in [1.54, 1.807) is 15.9 Å². The molecular weight excluding hydrogens is 378 g/mol. The Balaban J connectivity index is 1.84. The van der Waals surface area contributed by atoms with Crippen LogP contribution < -0.4 is 5.56 Å². The van der Waals surface area contributed by atoms with Crippen LogP contribution in [-0.2, 0) is 4.79 Å². The van der Waals surface area contributed by atoms with Crippen LogP contribution in [-0.4, -0.2) is 39.2 Å². The van der Waals surface area contributed by atoms with Gasteiger partial charge in [0, 0.05) is 24.0 Å². The molecule has 148 valence electrons. The highest BCUT2D eigenvalue weighted by Gasteiger charge is 2.24. The Morgan fingerprint density at radius 2 is 1.96 bits per heavy atom. The molecule has 1 fully saturated rings. The zero-order valence-corrected chi connectivity index (χ0v) is 18.5. The summed E-state index contributed by atoms with van der Waals surface area (Å²) >= 11 is 2.94. The number of aromatic nitrogens is 2. The molecule has 5 nitrogen and oxygen atoms in total. The Labute approximate surface area is 169 Å². The third kappa shape index (κ3) is 4.09. The number of carbonyl (C=O) groups is 1. The highest BCUT2D eigenvalue weighted by atomic mass is 32.2. The van der Waals surface area contributed by atoms with Crippen LogP contribution in [0.4, 0.5) is 0 Å². The van der Waals surface area contributed by atoms with E-state index in [0.29, 0.717) is 17.0 Å². The van der Waals surface area contributed by atoms with Gasteiger partial charge in [0.25, 0.3) is 5.56 Å². The lowest BCUT2D eigenvalue weighted by molar-refractivity contribution is -0.129. The predicted octanol–water partition coefficient (Wildman–Crippen LogP) is 4.54. The van der Waals surface area contributed by atoms with Gasteiger partial charge in [-0.05, 0) is 46.1 Å². The van der Waals surface area contributed by atoms with Crippen LogP contribution >= 0.6 is 23.1 Å². The van der Waals surface area contributed by atoms with E-state index < -0.39 is 0 Å². The topological polar surface area (TPSA) is 55.2 Å². The van der Waals surface area contributed by atoms with Crippen LogP contribution in [0.25, 0.3) is 10.2 Å². The van der Waals surface area contributed by atoms with Crippen molar-refractivity contribution in [3.05, 3.63) is 20.8 Å². The summed E-state index contributed by atoms with van der Waals surface area (Å²) in [6, 6.07) is 0.361. The van der Waals surface area contributed by atoms with Crippen LogP contribution in [0.1, 0.15) is 62.4 Å². The van der Waals surface area contributed by atoms with E-state index in [1.165, 1.54) is 31.0 Å². The molecule has 0 unspecified atom stereocenters. The van der Waals surface area contributed by atoms with E-state index in [2.05, 4.69) is 0 Å². The Kier molecular flexibility index (Phi) is 6.31. The summed E-state index contributed by atoms with van der Waals surface area (Å²) in [5.74, 6) is 0.441. The first-order valence-corrected chi connectivity index (χ1v) is 11.5. The van der Waals surface area contributed by atoms with Crippen molar-refractivity contribution in [2.75, 3.05) is 12.8 Å². The van der Waals surface area contributed by atoms with Crippen molar-refractivity contribution in [1.82, 2.24) is 14.5 Å². The lowest BCUT2D eigenvalue weighted by Gasteiger charge is -2.31. The lowest BCUT2D eigenvalue weighted by atomic mass is 9.94. The number of hydrogen-bond acceptors (Lipinski definition) is 5. The summed E-state index contributed by atoms with van der Waals surface area (Å²) in [5.41, 5.74) is 1.03. The van der Waals surface area contributed by atoms with Crippen molar-refractivity contribution < 1.29 is 4.79 Å². The molecule has 2 aromatic rings. The maximum Gasteiger partial charge on any atom is 0.263 e. The van der Waals surface area contributed by atoms with Gasteiger partial charge >= 0.3 is 0 Å². The fourth-order valence-corrected chi connectivity index (χ4v) is 5.87. The third-order valence-electron chi connectivity index (χ3n) is 5.56. The maximum atomic E-state index is 13.1. The molecule has 2 heterocycles. The number of hydrogen-bond donors (Lipinski definition) is 0. The van der Waals surface area contributed by atoms with Crippen molar-refractivity contribution in [3.63, 3.8) is 0 Å². The van der Waals surface area contributed by atoms with Gasteiger partial charge in [0.1, 0.15) is 4.83 Å². The average molecular weight is 408 g/mol. The molecule has 0 aromatic carbocycles. The molecule has 1 aliphatic rings. The zero-order valence-electron chi connectivity index (χ0n) is 16.9. The van der Waals surface area contributed by atoms with Crippen LogP contribution in [0, 0.1) is 13.8 Å². The first-order chi connectivity index (χ1) is 12.8. The van der Waals surface area contributed by atoms with Gasteiger partial charge < -0.3 is 4.90 Å². The van der Waals surface area contributed by atoms with E-state index in [9.17, 15) is 9.59 Å². The van der Waals surface area contributed by atoms with E-state index in [1.807, 2.05) is 39.6 Å². The maximum absolute atomic E-state index is 13.1. The van der Waals surface area contributed by atoms with Crippen molar-refractivity contribution in [3.8, 4) is 0 Å². The molecule has 0 spiro atoms. The average Bonchev–Trinajstić information content (AvgIpc) is 2.93. The second-order valence-corrected chi connectivity index (χ2v) is 9.86. The number of amides is 1.